The van der Waals surface area contributed by atoms with Gasteiger partial charge in [-0.25, -0.2) is 4.39 Å². The summed E-state index contributed by atoms with van der Waals surface area (Å²) in [4.78, 5) is 13.6. The normalized spacial score (nSPS) is 10.3. The van der Waals surface area contributed by atoms with Crippen molar-refractivity contribution in [2.45, 2.75) is 0 Å². The van der Waals surface area contributed by atoms with Gasteiger partial charge in [0, 0.05) is 11.6 Å². The molecule has 0 amide bonds. The fourth-order valence-electron chi connectivity index (χ4n) is 1.32. The number of hydrogen-bond donors (Lipinski definition) is 1. The Labute approximate surface area is 90.3 Å². The minimum atomic E-state index is -0.527. The van der Waals surface area contributed by atoms with Crippen LogP contribution in [0.3, 0.4) is 0 Å². The molecule has 1 heterocycles. The number of rotatable bonds is 1. The molecule has 4 heteroatoms. The average Bonchev–Trinajstić information content (AvgIpc) is 2.22. The van der Waals surface area contributed by atoms with Gasteiger partial charge in [0.05, 0.1) is 10.7 Å². The molecule has 15 heavy (non-hydrogen) atoms. The van der Waals surface area contributed by atoms with Crippen LogP contribution in [0.5, 0.6) is 0 Å². The van der Waals surface area contributed by atoms with Gasteiger partial charge in [0.25, 0.3) is 0 Å². The van der Waals surface area contributed by atoms with E-state index in [4.69, 9.17) is 11.6 Å². The Kier molecular flexibility index (Phi) is 2.56. The van der Waals surface area contributed by atoms with Gasteiger partial charge < -0.3 is 4.98 Å². The van der Waals surface area contributed by atoms with Gasteiger partial charge >= 0.3 is 0 Å². The topological polar surface area (TPSA) is 32.9 Å². The van der Waals surface area contributed by atoms with E-state index in [1.165, 1.54) is 12.1 Å². The van der Waals surface area contributed by atoms with E-state index in [0.29, 0.717) is 11.3 Å². The number of hydrogen-bond acceptors (Lipinski definition) is 1. The molecule has 0 spiro atoms. The van der Waals surface area contributed by atoms with E-state index in [2.05, 4.69) is 4.98 Å². The van der Waals surface area contributed by atoms with Crippen LogP contribution in [0.15, 0.2) is 41.2 Å². The summed E-state index contributed by atoms with van der Waals surface area (Å²) >= 11 is 5.64. The van der Waals surface area contributed by atoms with Crippen molar-refractivity contribution in [3.05, 3.63) is 57.6 Å². The van der Waals surface area contributed by atoms with Crippen LogP contribution >= 0.6 is 11.6 Å². The lowest BCUT2D eigenvalue weighted by atomic mass is 10.1. The fraction of sp³-hybridized carbons (Fsp3) is 0. The highest BCUT2D eigenvalue weighted by molar-refractivity contribution is 6.31. The van der Waals surface area contributed by atoms with E-state index in [0.717, 1.165) is 0 Å². The van der Waals surface area contributed by atoms with Crippen LogP contribution in [0.25, 0.3) is 11.3 Å². The van der Waals surface area contributed by atoms with Crippen molar-refractivity contribution in [2.75, 3.05) is 0 Å². The standard InChI is InChI=1S/C11H7ClFNO/c12-8-4-1-3-7(11(8)13)9-5-2-6-10(15)14-9/h1-6H,(H,14,15). The summed E-state index contributed by atoms with van der Waals surface area (Å²) in [7, 11) is 0. The maximum atomic E-state index is 13.6. The molecule has 0 atom stereocenters. The second-order valence-corrected chi connectivity index (χ2v) is 3.44. The minimum Gasteiger partial charge on any atom is -0.322 e. The van der Waals surface area contributed by atoms with Gasteiger partial charge in [-0.15, -0.1) is 0 Å². The van der Waals surface area contributed by atoms with E-state index in [9.17, 15) is 9.18 Å². The number of aromatic amines is 1. The smallest absolute Gasteiger partial charge is 0.248 e. The quantitative estimate of drug-likeness (QED) is 0.792. The first-order chi connectivity index (χ1) is 7.18. The van der Waals surface area contributed by atoms with Crippen molar-refractivity contribution >= 4 is 11.6 Å². The molecule has 1 aromatic heterocycles. The Hall–Kier alpha value is -1.61. The number of nitrogens with one attached hydrogen (secondary N) is 1. The molecule has 2 nitrogen and oxygen atoms in total. The summed E-state index contributed by atoms with van der Waals surface area (Å²) in [6, 6.07) is 9.20. The van der Waals surface area contributed by atoms with Crippen LogP contribution in [0.2, 0.25) is 5.02 Å². The largest absolute Gasteiger partial charge is 0.322 e. The summed E-state index contributed by atoms with van der Waals surface area (Å²) in [5, 5.41) is 0.0391. The number of aromatic nitrogens is 1. The van der Waals surface area contributed by atoms with Gasteiger partial charge in [0.1, 0.15) is 0 Å². The van der Waals surface area contributed by atoms with Crippen molar-refractivity contribution in [1.29, 1.82) is 0 Å². The van der Waals surface area contributed by atoms with Crippen molar-refractivity contribution in [3.8, 4) is 11.3 Å². The summed E-state index contributed by atoms with van der Waals surface area (Å²) in [5.74, 6) is -0.527. The van der Waals surface area contributed by atoms with Gasteiger partial charge in [-0.2, -0.15) is 0 Å². The van der Waals surface area contributed by atoms with Crippen LogP contribution in [-0.4, -0.2) is 4.98 Å². The number of halogens is 2. The number of pyridine rings is 1. The molecule has 0 saturated heterocycles. The third-order valence-electron chi connectivity index (χ3n) is 2.01. The van der Waals surface area contributed by atoms with Crippen LogP contribution in [0.1, 0.15) is 0 Å². The van der Waals surface area contributed by atoms with Gasteiger partial charge in [-0.05, 0) is 18.2 Å². The van der Waals surface area contributed by atoms with E-state index in [-0.39, 0.29) is 10.6 Å². The Balaban J connectivity index is 2.64. The Morgan fingerprint density at radius 1 is 1.13 bits per heavy atom. The zero-order chi connectivity index (χ0) is 10.8. The molecule has 0 fully saturated rings. The van der Waals surface area contributed by atoms with E-state index in [1.807, 2.05) is 0 Å². The molecule has 0 aliphatic heterocycles. The first kappa shape index (κ1) is 9.93. The summed E-state index contributed by atoms with van der Waals surface area (Å²) in [5.41, 5.74) is 0.439. The molecule has 0 unspecified atom stereocenters. The Morgan fingerprint density at radius 3 is 2.60 bits per heavy atom. The molecule has 1 N–H and O–H groups in total. The lowest BCUT2D eigenvalue weighted by Gasteiger charge is -2.03. The predicted octanol–water partition coefficient (Wildman–Crippen LogP) is 2.83. The monoisotopic (exact) mass is 223 g/mol. The van der Waals surface area contributed by atoms with Gasteiger partial charge in [0.15, 0.2) is 5.82 Å². The summed E-state index contributed by atoms with van der Waals surface area (Å²) in [6.45, 7) is 0. The Morgan fingerprint density at radius 2 is 1.87 bits per heavy atom. The van der Waals surface area contributed by atoms with Crippen molar-refractivity contribution < 1.29 is 4.39 Å². The molecular weight excluding hydrogens is 217 g/mol. The molecular formula is C11H7ClFNO. The second-order valence-electron chi connectivity index (χ2n) is 3.03. The maximum absolute atomic E-state index is 13.6. The van der Waals surface area contributed by atoms with Crippen LogP contribution in [0.4, 0.5) is 4.39 Å². The third kappa shape index (κ3) is 1.92. The third-order valence-corrected chi connectivity index (χ3v) is 2.30. The molecule has 0 saturated carbocycles. The van der Waals surface area contributed by atoms with E-state index >= 15 is 0 Å². The first-order valence-corrected chi connectivity index (χ1v) is 4.70. The van der Waals surface area contributed by atoms with Crippen molar-refractivity contribution in [3.63, 3.8) is 0 Å². The van der Waals surface area contributed by atoms with Crippen LogP contribution in [-0.2, 0) is 0 Å². The van der Waals surface area contributed by atoms with Gasteiger partial charge in [0.2, 0.25) is 5.56 Å². The molecule has 0 aliphatic rings. The van der Waals surface area contributed by atoms with Crippen LogP contribution < -0.4 is 5.56 Å². The van der Waals surface area contributed by atoms with Gasteiger partial charge in [-0.3, -0.25) is 4.79 Å². The summed E-state index contributed by atoms with van der Waals surface area (Å²) < 4.78 is 13.6. The molecule has 1 aromatic carbocycles. The predicted molar refractivity (Wildman–Crippen MR) is 57.5 cm³/mol. The first-order valence-electron chi connectivity index (χ1n) is 4.32. The van der Waals surface area contributed by atoms with Gasteiger partial charge in [-0.1, -0.05) is 23.7 Å². The molecule has 76 valence electrons. The lowest BCUT2D eigenvalue weighted by Crippen LogP contribution is -2.04. The Bertz CT molecular complexity index is 550. The zero-order valence-electron chi connectivity index (χ0n) is 7.63. The minimum absolute atomic E-state index is 0.0391. The molecule has 2 aromatic rings. The number of benzene rings is 1. The average molecular weight is 224 g/mol. The highest BCUT2D eigenvalue weighted by Gasteiger charge is 2.08. The number of H-pyrrole nitrogens is 1. The highest BCUT2D eigenvalue weighted by atomic mass is 35.5. The summed E-state index contributed by atoms with van der Waals surface area (Å²) in [6.07, 6.45) is 0. The van der Waals surface area contributed by atoms with Crippen LogP contribution in [0, 0.1) is 5.82 Å². The highest BCUT2D eigenvalue weighted by Crippen LogP contribution is 2.25. The molecule has 0 aliphatic carbocycles. The van der Waals surface area contributed by atoms with E-state index < -0.39 is 5.82 Å². The van der Waals surface area contributed by atoms with E-state index in [1.54, 1.807) is 24.3 Å². The van der Waals surface area contributed by atoms with Crippen molar-refractivity contribution in [2.24, 2.45) is 0 Å². The maximum Gasteiger partial charge on any atom is 0.248 e. The lowest BCUT2D eigenvalue weighted by molar-refractivity contribution is 0.631. The molecule has 0 bridgehead atoms. The second kappa shape index (κ2) is 3.87. The molecule has 0 radical (unpaired) electrons. The fourth-order valence-corrected chi connectivity index (χ4v) is 1.49. The van der Waals surface area contributed by atoms with Crippen molar-refractivity contribution in [1.82, 2.24) is 4.98 Å². The zero-order valence-corrected chi connectivity index (χ0v) is 8.38. The molecule has 2 rings (SSSR count). The SMILES string of the molecule is O=c1cccc(-c2cccc(Cl)c2F)[nH]1.